The largest absolute Gasteiger partial charge is 0.481 e. The Morgan fingerprint density at radius 2 is 1.88 bits per heavy atom. The first-order chi connectivity index (χ1) is 15.9. The molecule has 0 amide bonds. The first kappa shape index (κ1) is 22.2. The molecule has 1 aliphatic heterocycles. The van der Waals surface area contributed by atoms with E-state index in [2.05, 4.69) is 20.8 Å². The molecule has 0 radical (unpaired) electrons. The zero-order valence-corrected chi connectivity index (χ0v) is 18.1. The number of nitrogens with zero attached hydrogens (tertiary/aromatic N) is 4. The van der Waals surface area contributed by atoms with Crippen LogP contribution >= 0.6 is 0 Å². The van der Waals surface area contributed by atoms with Crippen molar-refractivity contribution in [2.75, 3.05) is 13.9 Å². The number of methoxy groups -OCH3 is 1. The van der Waals surface area contributed by atoms with Crippen LogP contribution in [0.3, 0.4) is 0 Å². The normalized spacial score (nSPS) is 14.0. The molecule has 2 heterocycles. The van der Waals surface area contributed by atoms with Crippen molar-refractivity contribution < 1.29 is 28.9 Å². The fraction of sp³-hybridized carbons (Fsp3) is 0.318. The number of aliphatic carboxylic acids is 1. The SMILES string of the molecule is COC(=O)Cn1nnnc1C(NC(CC(=O)O)c1ccc(C)cc1)c1ccc2c(c1)OCO2. The number of carboxylic acids is 1. The molecule has 33 heavy (non-hydrogen) atoms. The maximum atomic E-state index is 11.9. The smallest absolute Gasteiger partial charge is 0.327 e. The second-order valence-electron chi connectivity index (χ2n) is 7.54. The first-order valence-electron chi connectivity index (χ1n) is 10.2. The van der Waals surface area contributed by atoms with Crippen molar-refractivity contribution in [2.45, 2.75) is 32.0 Å². The molecule has 0 fully saturated rings. The van der Waals surface area contributed by atoms with Gasteiger partial charge in [-0.15, -0.1) is 5.10 Å². The number of rotatable bonds is 9. The van der Waals surface area contributed by atoms with E-state index >= 15 is 0 Å². The molecule has 0 aliphatic carbocycles. The van der Waals surface area contributed by atoms with E-state index < -0.39 is 24.0 Å². The monoisotopic (exact) mass is 453 g/mol. The summed E-state index contributed by atoms with van der Waals surface area (Å²) in [6, 6.07) is 11.7. The van der Waals surface area contributed by atoms with Crippen LogP contribution in [0.15, 0.2) is 42.5 Å². The lowest BCUT2D eigenvalue weighted by Gasteiger charge is -2.25. The lowest BCUT2D eigenvalue weighted by molar-refractivity contribution is -0.141. The highest BCUT2D eigenvalue weighted by atomic mass is 16.7. The molecule has 0 saturated carbocycles. The van der Waals surface area contributed by atoms with Gasteiger partial charge in [0.25, 0.3) is 0 Å². The zero-order valence-electron chi connectivity index (χ0n) is 18.1. The number of carboxylic acid groups (broad SMARTS) is 1. The van der Waals surface area contributed by atoms with Crippen LogP contribution in [0.25, 0.3) is 0 Å². The van der Waals surface area contributed by atoms with Crippen LogP contribution < -0.4 is 14.8 Å². The third kappa shape index (κ3) is 5.09. The van der Waals surface area contributed by atoms with Crippen molar-refractivity contribution in [2.24, 2.45) is 0 Å². The fourth-order valence-electron chi connectivity index (χ4n) is 3.58. The number of carbonyl (C=O) groups excluding carboxylic acids is 1. The Morgan fingerprint density at radius 3 is 2.61 bits per heavy atom. The average molecular weight is 453 g/mol. The van der Waals surface area contributed by atoms with E-state index in [1.807, 2.05) is 37.3 Å². The van der Waals surface area contributed by atoms with Crippen LogP contribution in [0.2, 0.25) is 0 Å². The number of esters is 1. The fourth-order valence-corrected chi connectivity index (χ4v) is 3.58. The van der Waals surface area contributed by atoms with Crippen molar-refractivity contribution in [3.05, 3.63) is 65.0 Å². The molecule has 172 valence electrons. The Hall–Kier alpha value is -3.99. The highest BCUT2D eigenvalue weighted by molar-refractivity contribution is 5.69. The quantitative estimate of drug-likeness (QED) is 0.461. The van der Waals surface area contributed by atoms with Gasteiger partial charge in [0, 0.05) is 6.04 Å². The molecule has 2 atom stereocenters. The molecule has 4 rings (SSSR count). The van der Waals surface area contributed by atoms with Crippen molar-refractivity contribution in [3.63, 3.8) is 0 Å². The minimum absolute atomic E-state index is 0.113. The predicted octanol–water partition coefficient (Wildman–Crippen LogP) is 1.78. The number of carbonyl (C=O) groups is 2. The summed E-state index contributed by atoms with van der Waals surface area (Å²) in [5.74, 6) is -0.00859. The highest BCUT2D eigenvalue weighted by Gasteiger charge is 2.29. The van der Waals surface area contributed by atoms with Gasteiger partial charge in [-0.25, -0.2) is 4.68 Å². The van der Waals surface area contributed by atoms with Gasteiger partial charge in [0.2, 0.25) is 6.79 Å². The molecule has 3 aromatic rings. The summed E-state index contributed by atoms with van der Waals surface area (Å²) in [7, 11) is 1.28. The van der Waals surface area contributed by atoms with Crippen molar-refractivity contribution in [1.29, 1.82) is 0 Å². The van der Waals surface area contributed by atoms with E-state index in [1.165, 1.54) is 11.8 Å². The van der Waals surface area contributed by atoms with Crippen LogP contribution in [-0.4, -0.2) is 51.2 Å². The van der Waals surface area contributed by atoms with E-state index in [9.17, 15) is 14.7 Å². The van der Waals surface area contributed by atoms with Gasteiger partial charge in [0.15, 0.2) is 17.3 Å². The van der Waals surface area contributed by atoms with E-state index in [0.717, 1.165) is 11.1 Å². The van der Waals surface area contributed by atoms with Gasteiger partial charge in [-0.3, -0.25) is 14.9 Å². The number of hydrogen-bond donors (Lipinski definition) is 2. The second-order valence-corrected chi connectivity index (χ2v) is 7.54. The van der Waals surface area contributed by atoms with Crippen LogP contribution in [-0.2, 0) is 20.9 Å². The number of hydrogen-bond acceptors (Lipinski definition) is 9. The number of aryl methyl sites for hydroxylation is 1. The standard InChI is InChI=1S/C22H23N5O6/c1-13-3-5-14(6-4-13)16(10-19(28)29)23-21(15-7-8-17-18(9-15)33-12-32-17)22-24-25-26-27(22)11-20(30)31-2/h3-9,16,21,23H,10-12H2,1-2H3,(H,28,29). The van der Waals surface area contributed by atoms with Gasteiger partial charge in [-0.05, 0) is 40.6 Å². The number of nitrogens with one attached hydrogen (secondary N) is 1. The molecule has 2 aromatic carbocycles. The summed E-state index contributed by atoms with van der Waals surface area (Å²) < 4.78 is 17.0. The number of aromatic nitrogens is 4. The third-order valence-corrected chi connectivity index (χ3v) is 5.28. The molecule has 0 spiro atoms. The minimum atomic E-state index is -0.966. The Kier molecular flexibility index (Phi) is 6.50. The number of tetrazole rings is 1. The summed E-state index contributed by atoms with van der Waals surface area (Å²) in [5, 5.41) is 24.7. The van der Waals surface area contributed by atoms with E-state index in [0.29, 0.717) is 22.9 Å². The number of ether oxygens (including phenoxy) is 3. The molecule has 2 unspecified atom stereocenters. The summed E-state index contributed by atoms with van der Waals surface area (Å²) in [4.78, 5) is 23.6. The zero-order chi connectivity index (χ0) is 23.4. The van der Waals surface area contributed by atoms with E-state index in [4.69, 9.17) is 14.2 Å². The number of benzene rings is 2. The van der Waals surface area contributed by atoms with Gasteiger partial charge in [0.1, 0.15) is 6.54 Å². The predicted molar refractivity (Wildman–Crippen MR) is 114 cm³/mol. The van der Waals surface area contributed by atoms with Gasteiger partial charge in [-0.1, -0.05) is 35.9 Å². The highest BCUT2D eigenvalue weighted by Crippen LogP contribution is 2.36. The van der Waals surface area contributed by atoms with Crippen LogP contribution in [0.4, 0.5) is 0 Å². The van der Waals surface area contributed by atoms with Crippen molar-refractivity contribution in [1.82, 2.24) is 25.5 Å². The summed E-state index contributed by atoms with van der Waals surface area (Å²) in [6.45, 7) is 1.87. The summed E-state index contributed by atoms with van der Waals surface area (Å²) in [5.41, 5.74) is 2.56. The maximum Gasteiger partial charge on any atom is 0.327 e. The lowest BCUT2D eigenvalue weighted by Crippen LogP contribution is -2.32. The average Bonchev–Trinajstić information content (AvgIpc) is 3.45. The van der Waals surface area contributed by atoms with Crippen molar-refractivity contribution in [3.8, 4) is 11.5 Å². The van der Waals surface area contributed by atoms with Gasteiger partial charge >= 0.3 is 11.9 Å². The van der Waals surface area contributed by atoms with Crippen LogP contribution in [0, 0.1) is 6.92 Å². The molecule has 1 aliphatic rings. The summed E-state index contributed by atoms with van der Waals surface area (Å²) >= 11 is 0. The Labute approximate surface area is 189 Å². The first-order valence-corrected chi connectivity index (χ1v) is 10.2. The Morgan fingerprint density at radius 1 is 1.15 bits per heavy atom. The maximum absolute atomic E-state index is 11.9. The molecular formula is C22H23N5O6. The van der Waals surface area contributed by atoms with E-state index in [1.54, 1.807) is 12.1 Å². The molecule has 0 saturated heterocycles. The topological polar surface area (TPSA) is 138 Å². The third-order valence-electron chi connectivity index (χ3n) is 5.28. The van der Waals surface area contributed by atoms with Gasteiger partial charge in [0.05, 0.1) is 19.6 Å². The molecule has 0 bridgehead atoms. The van der Waals surface area contributed by atoms with E-state index in [-0.39, 0.29) is 19.8 Å². The molecular weight excluding hydrogens is 430 g/mol. The Balaban J connectivity index is 1.75. The van der Waals surface area contributed by atoms with Gasteiger partial charge in [-0.2, -0.15) is 0 Å². The Bertz CT molecular complexity index is 1150. The number of fused-ring (bicyclic) bond motifs is 1. The van der Waals surface area contributed by atoms with Gasteiger partial charge < -0.3 is 19.3 Å². The molecule has 2 N–H and O–H groups in total. The van der Waals surface area contributed by atoms with Crippen molar-refractivity contribution >= 4 is 11.9 Å². The molecule has 11 nitrogen and oxygen atoms in total. The molecule has 1 aromatic heterocycles. The van der Waals surface area contributed by atoms with Crippen LogP contribution in [0.1, 0.15) is 41.0 Å². The summed E-state index contributed by atoms with van der Waals surface area (Å²) in [6.07, 6.45) is -0.178. The second kappa shape index (κ2) is 9.65. The molecule has 11 heteroatoms. The lowest BCUT2D eigenvalue weighted by atomic mass is 9.98. The van der Waals surface area contributed by atoms with Crippen LogP contribution in [0.5, 0.6) is 11.5 Å². The minimum Gasteiger partial charge on any atom is -0.481 e.